The molecule has 0 saturated carbocycles. The molecule has 0 aliphatic carbocycles. The van der Waals surface area contributed by atoms with Crippen molar-refractivity contribution < 1.29 is 28.7 Å². The monoisotopic (exact) mass is 466 g/mol. The van der Waals surface area contributed by atoms with Gasteiger partial charge in [-0.1, -0.05) is 18.2 Å². The lowest BCUT2D eigenvalue weighted by molar-refractivity contribution is -0.386. The molecule has 0 spiro atoms. The lowest BCUT2D eigenvalue weighted by Gasteiger charge is -2.18. The van der Waals surface area contributed by atoms with E-state index >= 15 is 0 Å². The summed E-state index contributed by atoms with van der Waals surface area (Å²) in [5, 5.41) is 40.2. The molecule has 3 aromatic rings. The van der Waals surface area contributed by atoms with Gasteiger partial charge in [-0.25, -0.2) is 8.78 Å². The number of nitro groups is 1. The summed E-state index contributed by atoms with van der Waals surface area (Å²) in [5.41, 5.74) is -1.11. The molecule has 0 atom stereocenters. The van der Waals surface area contributed by atoms with Crippen molar-refractivity contribution in [3.05, 3.63) is 93.3 Å². The molecule has 11 heteroatoms. The standard InChI is InChI=1S/C23H16F2N4O5/c1-28(12-15-5-4-13(7-18(15)24)14-3-2-6-27-11-14)23(32)17(10-26)21(30)16-8-19(25)22(31)20(9-16)29(33)34/h2-9,11,30-31H,12H2,1H3/b21-17-. The molecular weight excluding hydrogens is 450 g/mol. The molecule has 1 amide bonds. The number of nitro benzene ring substituents is 1. The van der Waals surface area contributed by atoms with Crippen molar-refractivity contribution in [1.29, 1.82) is 5.26 Å². The van der Waals surface area contributed by atoms with Crippen molar-refractivity contribution >= 4 is 17.4 Å². The number of likely N-dealkylation sites (N-methyl/N-ethyl adjacent to an activating group) is 1. The average molecular weight is 466 g/mol. The van der Waals surface area contributed by atoms with E-state index < -0.39 is 50.8 Å². The minimum absolute atomic E-state index is 0.117. The molecule has 2 aromatic carbocycles. The second kappa shape index (κ2) is 9.74. The van der Waals surface area contributed by atoms with Gasteiger partial charge in [-0.15, -0.1) is 0 Å². The highest BCUT2D eigenvalue weighted by atomic mass is 19.1. The summed E-state index contributed by atoms with van der Waals surface area (Å²) < 4.78 is 28.5. The fourth-order valence-corrected chi connectivity index (χ4v) is 3.11. The van der Waals surface area contributed by atoms with Crippen LogP contribution in [0.15, 0.2) is 60.4 Å². The number of nitrogens with zero attached hydrogens (tertiary/aromatic N) is 4. The van der Waals surface area contributed by atoms with Crippen LogP contribution in [-0.4, -0.2) is 38.0 Å². The Morgan fingerprint density at radius 1 is 1.21 bits per heavy atom. The maximum Gasteiger partial charge on any atom is 0.314 e. The van der Waals surface area contributed by atoms with Gasteiger partial charge in [0.05, 0.1) is 4.92 Å². The molecule has 0 aliphatic rings. The number of nitriles is 1. The van der Waals surface area contributed by atoms with E-state index in [0.717, 1.165) is 4.90 Å². The largest absolute Gasteiger partial charge is 0.506 e. The Kier molecular flexibility index (Phi) is 6.82. The maximum absolute atomic E-state index is 14.7. The minimum atomic E-state index is -1.43. The molecule has 3 rings (SSSR count). The van der Waals surface area contributed by atoms with Crippen LogP contribution in [0.3, 0.4) is 0 Å². The molecule has 1 aromatic heterocycles. The van der Waals surface area contributed by atoms with E-state index in [0.29, 0.717) is 23.3 Å². The molecule has 1 heterocycles. The second-order valence-electron chi connectivity index (χ2n) is 7.13. The summed E-state index contributed by atoms with van der Waals surface area (Å²) in [5.74, 6) is -5.37. The number of phenolic OH excluding ortho intramolecular Hbond substituents is 1. The van der Waals surface area contributed by atoms with Crippen LogP contribution in [0.25, 0.3) is 16.9 Å². The molecule has 0 saturated heterocycles. The lowest BCUT2D eigenvalue weighted by Crippen LogP contribution is -2.28. The number of pyridine rings is 1. The van der Waals surface area contributed by atoms with Gasteiger partial charge in [-0.2, -0.15) is 5.26 Å². The highest BCUT2D eigenvalue weighted by Gasteiger charge is 2.25. The average Bonchev–Trinajstić information content (AvgIpc) is 2.82. The van der Waals surface area contributed by atoms with Gasteiger partial charge in [-0.05, 0) is 23.8 Å². The van der Waals surface area contributed by atoms with E-state index in [9.17, 15) is 39.2 Å². The Morgan fingerprint density at radius 3 is 2.53 bits per heavy atom. The second-order valence-corrected chi connectivity index (χ2v) is 7.13. The van der Waals surface area contributed by atoms with Gasteiger partial charge in [-0.3, -0.25) is 19.9 Å². The van der Waals surface area contributed by atoms with Gasteiger partial charge in [0.1, 0.15) is 17.6 Å². The first-order chi connectivity index (χ1) is 16.1. The number of hydrogen-bond donors (Lipinski definition) is 2. The molecule has 34 heavy (non-hydrogen) atoms. The van der Waals surface area contributed by atoms with Crippen LogP contribution in [-0.2, 0) is 11.3 Å². The molecule has 172 valence electrons. The van der Waals surface area contributed by atoms with Crippen molar-refractivity contribution in [2.75, 3.05) is 7.05 Å². The van der Waals surface area contributed by atoms with Crippen LogP contribution in [0.1, 0.15) is 11.1 Å². The Balaban J connectivity index is 1.89. The van der Waals surface area contributed by atoms with Crippen molar-refractivity contribution in [2.24, 2.45) is 0 Å². The van der Waals surface area contributed by atoms with Crippen LogP contribution in [0, 0.1) is 33.1 Å². The van der Waals surface area contributed by atoms with Crippen molar-refractivity contribution in [3.63, 3.8) is 0 Å². The number of aromatic hydroxyl groups is 1. The Morgan fingerprint density at radius 2 is 1.94 bits per heavy atom. The van der Waals surface area contributed by atoms with E-state index in [1.54, 1.807) is 30.6 Å². The first-order valence-corrected chi connectivity index (χ1v) is 9.59. The summed E-state index contributed by atoms with van der Waals surface area (Å²) in [6.45, 7) is -0.277. The van der Waals surface area contributed by atoms with Crippen LogP contribution < -0.4 is 0 Å². The van der Waals surface area contributed by atoms with E-state index in [1.807, 2.05) is 0 Å². The number of phenols is 1. The molecular formula is C23H16F2N4O5. The van der Waals surface area contributed by atoms with Crippen molar-refractivity contribution in [2.45, 2.75) is 6.54 Å². The van der Waals surface area contributed by atoms with Gasteiger partial charge >= 0.3 is 5.69 Å². The van der Waals surface area contributed by atoms with E-state index in [-0.39, 0.29) is 12.1 Å². The number of carbonyl (C=O) groups is 1. The minimum Gasteiger partial charge on any atom is -0.506 e. The number of aromatic nitrogens is 1. The van der Waals surface area contributed by atoms with Crippen LogP contribution in [0.2, 0.25) is 0 Å². The zero-order chi connectivity index (χ0) is 25.0. The summed E-state index contributed by atoms with van der Waals surface area (Å²) in [7, 11) is 1.25. The third-order valence-corrected chi connectivity index (χ3v) is 4.88. The Bertz CT molecular complexity index is 1350. The number of carbonyl (C=O) groups excluding carboxylic acids is 1. The highest BCUT2D eigenvalue weighted by Crippen LogP contribution is 2.33. The number of halogens is 2. The third-order valence-electron chi connectivity index (χ3n) is 4.88. The van der Waals surface area contributed by atoms with Gasteiger partial charge < -0.3 is 15.1 Å². The molecule has 0 radical (unpaired) electrons. The van der Waals surface area contributed by atoms with Crippen LogP contribution in [0.4, 0.5) is 14.5 Å². The van der Waals surface area contributed by atoms with E-state index in [4.69, 9.17) is 0 Å². The first-order valence-electron chi connectivity index (χ1n) is 9.59. The highest BCUT2D eigenvalue weighted by molar-refractivity contribution is 6.03. The molecule has 0 bridgehead atoms. The number of aliphatic hydroxyl groups is 1. The molecule has 0 fully saturated rings. The lowest BCUT2D eigenvalue weighted by atomic mass is 10.0. The third kappa shape index (κ3) is 4.81. The number of benzene rings is 2. The summed E-state index contributed by atoms with van der Waals surface area (Å²) >= 11 is 0. The zero-order valence-corrected chi connectivity index (χ0v) is 17.6. The van der Waals surface area contributed by atoms with Crippen molar-refractivity contribution in [1.82, 2.24) is 9.88 Å². The van der Waals surface area contributed by atoms with E-state index in [1.165, 1.54) is 25.2 Å². The molecule has 0 aliphatic heterocycles. The van der Waals surface area contributed by atoms with E-state index in [2.05, 4.69) is 4.98 Å². The smallest absolute Gasteiger partial charge is 0.314 e. The molecule has 9 nitrogen and oxygen atoms in total. The topological polar surface area (TPSA) is 141 Å². The Labute approximate surface area is 191 Å². The number of rotatable bonds is 6. The van der Waals surface area contributed by atoms with Gasteiger partial charge in [0.2, 0.25) is 5.75 Å². The zero-order valence-electron chi connectivity index (χ0n) is 17.6. The summed E-state index contributed by atoms with van der Waals surface area (Å²) in [6, 6.07) is 10.4. The number of amides is 1. The predicted molar refractivity (Wildman–Crippen MR) is 116 cm³/mol. The van der Waals surface area contributed by atoms with Crippen LogP contribution in [0.5, 0.6) is 5.75 Å². The number of hydrogen-bond acceptors (Lipinski definition) is 7. The number of aliphatic hydroxyl groups excluding tert-OH is 1. The normalized spacial score (nSPS) is 11.4. The van der Waals surface area contributed by atoms with Crippen LogP contribution >= 0.6 is 0 Å². The summed E-state index contributed by atoms with van der Waals surface area (Å²) in [6.07, 6.45) is 3.14. The summed E-state index contributed by atoms with van der Waals surface area (Å²) in [4.78, 5) is 27.6. The predicted octanol–water partition coefficient (Wildman–Crippen LogP) is 4.09. The maximum atomic E-state index is 14.7. The fraction of sp³-hybridized carbons (Fsp3) is 0.0870. The SMILES string of the molecule is CN(Cc1ccc(-c2cccnc2)cc1F)C(=O)/C(C#N)=C(\O)c1cc(F)c(O)c([N+](=O)[O-])c1. The first kappa shape index (κ1) is 23.8. The molecule has 2 N–H and O–H groups in total. The quantitative estimate of drug-likeness (QED) is 0.183. The van der Waals surface area contributed by atoms with Crippen molar-refractivity contribution in [3.8, 4) is 22.9 Å². The van der Waals surface area contributed by atoms with Gasteiger partial charge in [0, 0.05) is 48.7 Å². The van der Waals surface area contributed by atoms with Gasteiger partial charge in [0.15, 0.2) is 11.4 Å². The Hall–Kier alpha value is -4.85. The van der Waals surface area contributed by atoms with Gasteiger partial charge in [0.25, 0.3) is 5.91 Å². The molecule has 0 unspecified atom stereocenters. The fourth-order valence-electron chi connectivity index (χ4n) is 3.11.